The van der Waals surface area contributed by atoms with Gasteiger partial charge in [-0.05, 0) is 30.7 Å². The fourth-order valence-electron chi connectivity index (χ4n) is 2.55. The van der Waals surface area contributed by atoms with Crippen LogP contribution in [0.25, 0.3) is 11.4 Å². The molecule has 0 bridgehead atoms. The largest absolute Gasteiger partial charge is 0.326 e. The van der Waals surface area contributed by atoms with E-state index in [-0.39, 0.29) is 12.3 Å². The number of amides is 1. The number of aromatic nitrogens is 4. The standard InChI is InChI=1S/C18H16FN5O.C4H8/c1-12-3-4-14(9-15(12)18-22-10-13(19)11-23-18)24-17(25)6-5-16-20-7-2-8-21-16;1-2-4-3-1/h2-4,7-11H,5-6H2,1H3,(H,24,25);1-4H2. The molecule has 7 heteroatoms. The van der Waals surface area contributed by atoms with Crippen LogP contribution in [0.15, 0.2) is 49.1 Å². The minimum Gasteiger partial charge on any atom is -0.326 e. The van der Waals surface area contributed by atoms with Crippen LogP contribution in [0, 0.1) is 12.7 Å². The van der Waals surface area contributed by atoms with Crippen molar-refractivity contribution in [1.82, 2.24) is 19.9 Å². The number of nitrogens with zero attached hydrogens (tertiary/aromatic N) is 4. The van der Waals surface area contributed by atoms with Crippen LogP contribution in [0.1, 0.15) is 43.5 Å². The number of benzene rings is 1. The molecule has 1 aromatic carbocycles. The van der Waals surface area contributed by atoms with E-state index in [1.54, 1.807) is 30.6 Å². The summed E-state index contributed by atoms with van der Waals surface area (Å²) in [6.07, 6.45) is 12.3. The Kier molecular flexibility index (Phi) is 7.33. The minimum absolute atomic E-state index is 0.137. The van der Waals surface area contributed by atoms with Gasteiger partial charge >= 0.3 is 0 Å². The van der Waals surface area contributed by atoms with Crippen molar-refractivity contribution in [3.05, 3.63) is 66.3 Å². The van der Waals surface area contributed by atoms with Crippen LogP contribution in [-0.4, -0.2) is 25.8 Å². The molecule has 0 saturated heterocycles. The lowest BCUT2D eigenvalue weighted by atomic mass is 10.0. The van der Waals surface area contributed by atoms with Gasteiger partial charge in [0.1, 0.15) is 5.82 Å². The van der Waals surface area contributed by atoms with Gasteiger partial charge in [0, 0.05) is 36.5 Å². The minimum atomic E-state index is -0.492. The van der Waals surface area contributed by atoms with Gasteiger partial charge in [0.25, 0.3) is 0 Å². The lowest BCUT2D eigenvalue weighted by Crippen LogP contribution is -2.13. The lowest BCUT2D eigenvalue weighted by Gasteiger charge is -2.09. The molecule has 1 fully saturated rings. The van der Waals surface area contributed by atoms with E-state index >= 15 is 0 Å². The van der Waals surface area contributed by atoms with Gasteiger partial charge in [-0.15, -0.1) is 0 Å². The van der Waals surface area contributed by atoms with E-state index < -0.39 is 5.82 Å². The molecule has 1 amide bonds. The monoisotopic (exact) mass is 393 g/mol. The molecule has 150 valence electrons. The maximum atomic E-state index is 13.0. The van der Waals surface area contributed by atoms with Crippen LogP contribution in [0.4, 0.5) is 10.1 Å². The molecule has 0 unspecified atom stereocenters. The van der Waals surface area contributed by atoms with Gasteiger partial charge in [0.2, 0.25) is 5.91 Å². The van der Waals surface area contributed by atoms with Crippen molar-refractivity contribution in [2.24, 2.45) is 0 Å². The van der Waals surface area contributed by atoms with E-state index in [9.17, 15) is 9.18 Å². The molecule has 0 spiro atoms. The molecule has 4 rings (SSSR count). The van der Waals surface area contributed by atoms with Crippen molar-refractivity contribution >= 4 is 11.6 Å². The van der Waals surface area contributed by atoms with Crippen molar-refractivity contribution < 1.29 is 9.18 Å². The number of carbonyl (C=O) groups excluding carboxylic acids is 1. The topological polar surface area (TPSA) is 80.7 Å². The Morgan fingerprint density at radius 1 is 1.03 bits per heavy atom. The van der Waals surface area contributed by atoms with E-state index in [0.29, 0.717) is 23.8 Å². The molecule has 1 N–H and O–H groups in total. The van der Waals surface area contributed by atoms with Crippen LogP contribution in [0.5, 0.6) is 0 Å². The molecule has 2 heterocycles. The highest BCUT2D eigenvalue weighted by atomic mass is 19.1. The summed E-state index contributed by atoms with van der Waals surface area (Å²) in [4.78, 5) is 28.3. The second-order valence-corrected chi connectivity index (χ2v) is 6.88. The molecule has 1 saturated carbocycles. The number of carbonyl (C=O) groups is 1. The van der Waals surface area contributed by atoms with Gasteiger partial charge < -0.3 is 5.32 Å². The highest BCUT2D eigenvalue weighted by Crippen LogP contribution is 2.23. The van der Waals surface area contributed by atoms with E-state index in [0.717, 1.165) is 23.5 Å². The summed E-state index contributed by atoms with van der Waals surface area (Å²) in [5.41, 5.74) is 2.30. The Hall–Kier alpha value is -3.22. The molecule has 6 nitrogen and oxygen atoms in total. The predicted octanol–water partition coefficient (Wildman–Crippen LogP) is 4.51. The Morgan fingerprint density at radius 3 is 2.31 bits per heavy atom. The number of anilines is 1. The summed E-state index contributed by atoms with van der Waals surface area (Å²) in [6, 6.07) is 7.17. The average molecular weight is 393 g/mol. The first-order valence-electron chi connectivity index (χ1n) is 9.76. The molecule has 29 heavy (non-hydrogen) atoms. The van der Waals surface area contributed by atoms with E-state index in [1.165, 1.54) is 25.7 Å². The van der Waals surface area contributed by atoms with Gasteiger partial charge in [0.05, 0.1) is 12.4 Å². The molecule has 3 aromatic rings. The fraction of sp³-hybridized carbons (Fsp3) is 0.318. The molecule has 0 atom stereocenters. The van der Waals surface area contributed by atoms with Gasteiger partial charge in [-0.2, -0.15) is 0 Å². The average Bonchev–Trinajstić information content (AvgIpc) is 2.68. The van der Waals surface area contributed by atoms with Gasteiger partial charge in [-0.3, -0.25) is 4.79 Å². The Morgan fingerprint density at radius 2 is 1.69 bits per heavy atom. The maximum absolute atomic E-state index is 13.0. The number of rotatable bonds is 5. The number of hydrogen-bond acceptors (Lipinski definition) is 5. The van der Waals surface area contributed by atoms with Crippen molar-refractivity contribution in [1.29, 1.82) is 0 Å². The zero-order chi connectivity index (χ0) is 20.5. The lowest BCUT2D eigenvalue weighted by molar-refractivity contribution is -0.116. The summed E-state index contributed by atoms with van der Waals surface area (Å²) in [5, 5.41) is 2.84. The van der Waals surface area contributed by atoms with E-state index in [2.05, 4.69) is 25.3 Å². The number of aryl methyl sites for hydroxylation is 2. The fourth-order valence-corrected chi connectivity index (χ4v) is 2.55. The molecule has 0 aliphatic heterocycles. The van der Waals surface area contributed by atoms with E-state index in [1.807, 2.05) is 13.0 Å². The quantitative estimate of drug-likeness (QED) is 0.690. The molecular formula is C22H24FN5O. The zero-order valence-corrected chi connectivity index (χ0v) is 16.4. The van der Waals surface area contributed by atoms with Gasteiger partial charge in [0.15, 0.2) is 11.6 Å². The highest BCUT2D eigenvalue weighted by molar-refractivity contribution is 5.91. The third-order valence-electron chi connectivity index (χ3n) is 4.58. The smallest absolute Gasteiger partial charge is 0.224 e. The first-order valence-corrected chi connectivity index (χ1v) is 9.76. The van der Waals surface area contributed by atoms with Gasteiger partial charge in [-0.1, -0.05) is 31.7 Å². The van der Waals surface area contributed by atoms with Crippen LogP contribution in [0.3, 0.4) is 0 Å². The third-order valence-corrected chi connectivity index (χ3v) is 4.58. The van der Waals surface area contributed by atoms with Gasteiger partial charge in [-0.25, -0.2) is 24.3 Å². The molecule has 2 aromatic heterocycles. The van der Waals surface area contributed by atoms with Crippen molar-refractivity contribution in [3.8, 4) is 11.4 Å². The van der Waals surface area contributed by atoms with Crippen molar-refractivity contribution in [3.63, 3.8) is 0 Å². The Labute approximate surface area is 169 Å². The Balaban J connectivity index is 0.000000536. The van der Waals surface area contributed by atoms with Crippen LogP contribution in [0.2, 0.25) is 0 Å². The maximum Gasteiger partial charge on any atom is 0.224 e. The normalized spacial score (nSPS) is 12.3. The third kappa shape index (κ3) is 6.41. The molecular weight excluding hydrogens is 369 g/mol. The van der Waals surface area contributed by atoms with Crippen LogP contribution < -0.4 is 5.32 Å². The molecule has 1 aliphatic carbocycles. The van der Waals surface area contributed by atoms with Crippen molar-refractivity contribution in [2.45, 2.75) is 45.4 Å². The number of nitrogens with one attached hydrogen (secondary N) is 1. The van der Waals surface area contributed by atoms with Crippen LogP contribution >= 0.6 is 0 Å². The summed E-state index contributed by atoms with van der Waals surface area (Å²) in [6.45, 7) is 1.90. The number of hydrogen-bond donors (Lipinski definition) is 1. The molecule has 1 aliphatic rings. The van der Waals surface area contributed by atoms with Crippen molar-refractivity contribution in [2.75, 3.05) is 5.32 Å². The predicted molar refractivity (Wildman–Crippen MR) is 110 cm³/mol. The Bertz CT molecular complexity index is 924. The van der Waals surface area contributed by atoms with E-state index in [4.69, 9.17) is 0 Å². The SMILES string of the molecule is C1CCC1.Cc1ccc(NC(=O)CCc2ncccn2)cc1-c1ncc(F)cn1. The summed E-state index contributed by atoms with van der Waals surface area (Å²) >= 11 is 0. The first-order chi connectivity index (χ1) is 14.1. The summed E-state index contributed by atoms with van der Waals surface area (Å²) in [7, 11) is 0. The number of halogens is 1. The highest BCUT2D eigenvalue weighted by Gasteiger charge is 2.09. The second-order valence-electron chi connectivity index (χ2n) is 6.88. The second kappa shape index (κ2) is 10.4. The zero-order valence-electron chi connectivity index (χ0n) is 16.4. The summed E-state index contributed by atoms with van der Waals surface area (Å²) in [5.74, 6) is 0.408. The first kappa shape index (κ1) is 20.5. The summed E-state index contributed by atoms with van der Waals surface area (Å²) < 4.78 is 13.0. The molecule has 0 radical (unpaired) electrons. The van der Waals surface area contributed by atoms with Crippen LogP contribution in [-0.2, 0) is 11.2 Å².